The fourth-order valence-electron chi connectivity index (χ4n) is 4.70. The quantitative estimate of drug-likeness (QED) is 0.240. The maximum Gasteiger partial charge on any atom is 0.260 e. The predicted molar refractivity (Wildman–Crippen MR) is 157 cm³/mol. The Morgan fingerprint density at radius 3 is 2.40 bits per heavy atom. The van der Waals surface area contributed by atoms with Gasteiger partial charge in [0.05, 0.1) is 24.4 Å². The van der Waals surface area contributed by atoms with E-state index >= 15 is 0 Å². The van der Waals surface area contributed by atoms with Gasteiger partial charge in [-0.05, 0) is 47.5 Å². The van der Waals surface area contributed by atoms with Crippen LogP contribution in [0, 0.1) is 0 Å². The third kappa shape index (κ3) is 5.16. The molecule has 4 N–H and O–H groups in total. The molecular weight excluding hydrogens is 522 g/mol. The van der Waals surface area contributed by atoms with E-state index in [0.29, 0.717) is 24.1 Å². The van der Waals surface area contributed by atoms with Crippen molar-refractivity contribution in [3.63, 3.8) is 0 Å². The summed E-state index contributed by atoms with van der Waals surface area (Å²) in [6.07, 6.45) is -0.814. The molecule has 5 aromatic rings. The van der Waals surface area contributed by atoms with Gasteiger partial charge in [-0.15, -0.1) is 0 Å². The van der Waals surface area contributed by atoms with E-state index in [9.17, 15) is 9.90 Å². The number of carbonyl (C=O) groups excluding carboxylic acids is 1. The number of aliphatic hydroxyl groups is 1. The van der Waals surface area contributed by atoms with Crippen LogP contribution in [0.3, 0.4) is 0 Å². The molecular formula is C31H27N5O3S. The topological polar surface area (TPSA) is 114 Å². The van der Waals surface area contributed by atoms with E-state index in [2.05, 4.69) is 17.4 Å². The Morgan fingerprint density at radius 1 is 0.925 bits per heavy atom. The number of nitrogens with one attached hydrogen (secondary N) is 1. The number of fused-ring (bicyclic) bond motifs is 2. The Kier molecular flexibility index (Phi) is 7.22. The second-order valence-corrected chi connectivity index (χ2v) is 10.4. The molecule has 9 heteroatoms. The van der Waals surface area contributed by atoms with Gasteiger partial charge in [-0.2, -0.15) is 4.98 Å². The van der Waals surface area contributed by atoms with Crippen molar-refractivity contribution in [1.29, 1.82) is 0 Å². The van der Waals surface area contributed by atoms with Crippen LogP contribution < -0.4 is 20.7 Å². The standard InChI is InChI=1S/C31H27N5O3S/c32-29(38)26-18-36(24-13-5-6-14-25(24)39-26)30-22-11-3-4-12-23(22)34-31(35-30)33-17-20-9-1-7-15-27(20)40-28-16-8-2-10-21(28)19-37/h1-16,26,37H,17-19H2,(H2,32,38)(H,33,34,35). The number of ether oxygens (including phenoxy) is 1. The molecule has 40 heavy (non-hydrogen) atoms. The van der Waals surface area contributed by atoms with Crippen molar-refractivity contribution in [2.75, 3.05) is 16.8 Å². The molecule has 1 aromatic heterocycles. The maximum atomic E-state index is 12.1. The number of aliphatic hydroxyl groups excluding tert-OH is 1. The van der Waals surface area contributed by atoms with Crippen LogP contribution in [-0.2, 0) is 17.9 Å². The number of benzene rings is 4. The summed E-state index contributed by atoms with van der Waals surface area (Å²) in [5.74, 6) is 1.16. The van der Waals surface area contributed by atoms with Crippen molar-refractivity contribution in [2.45, 2.75) is 29.0 Å². The number of nitrogens with two attached hydrogens (primary N) is 1. The van der Waals surface area contributed by atoms with Gasteiger partial charge < -0.3 is 25.8 Å². The van der Waals surface area contributed by atoms with Crippen LogP contribution in [0.1, 0.15) is 11.1 Å². The zero-order valence-corrected chi connectivity index (χ0v) is 22.3. The smallest absolute Gasteiger partial charge is 0.260 e. The van der Waals surface area contributed by atoms with Crippen LogP contribution in [-0.4, -0.2) is 33.6 Å². The van der Waals surface area contributed by atoms with Gasteiger partial charge in [-0.1, -0.05) is 72.4 Å². The van der Waals surface area contributed by atoms with Gasteiger partial charge in [0.1, 0.15) is 11.6 Å². The third-order valence-corrected chi connectivity index (χ3v) is 7.94. The van der Waals surface area contributed by atoms with Crippen LogP contribution >= 0.6 is 11.8 Å². The van der Waals surface area contributed by atoms with Gasteiger partial charge >= 0.3 is 0 Å². The lowest BCUT2D eigenvalue weighted by Crippen LogP contribution is -2.45. The van der Waals surface area contributed by atoms with Gasteiger partial charge in [0, 0.05) is 21.7 Å². The van der Waals surface area contributed by atoms with Crippen LogP contribution in [0.25, 0.3) is 10.9 Å². The maximum absolute atomic E-state index is 12.1. The van der Waals surface area contributed by atoms with E-state index < -0.39 is 12.0 Å². The average Bonchev–Trinajstić information content (AvgIpc) is 3.00. The first-order chi connectivity index (χ1) is 19.6. The first-order valence-electron chi connectivity index (χ1n) is 12.9. The minimum atomic E-state index is -0.814. The lowest BCUT2D eigenvalue weighted by molar-refractivity contribution is -0.124. The number of aromatic nitrogens is 2. The number of amides is 1. The Morgan fingerprint density at radius 2 is 1.60 bits per heavy atom. The molecule has 1 aliphatic heterocycles. The third-order valence-electron chi connectivity index (χ3n) is 6.70. The van der Waals surface area contributed by atoms with Gasteiger partial charge in [-0.3, -0.25) is 4.79 Å². The Balaban J connectivity index is 1.34. The zero-order chi connectivity index (χ0) is 27.5. The molecule has 1 unspecified atom stereocenters. The zero-order valence-electron chi connectivity index (χ0n) is 21.5. The summed E-state index contributed by atoms with van der Waals surface area (Å²) in [5, 5.41) is 14.0. The molecule has 0 saturated carbocycles. The lowest BCUT2D eigenvalue weighted by atomic mass is 10.1. The Bertz CT molecular complexity index is 1700. The summed E-state index contributed by atoms with van der Waals surface area (Å²) >= 11 is 1.62. The van der Waals surface area contributed by atoms with Gasteiger partial charge in [-0.25, -0.2) is 4.98 Å². The highest BCUT2D eigenvalue weighted by atomic mass is 32.2. The SMILES string of the molecule is NC(=O)C1CN(c2nc(NCc3ccccc3Sc3ccccc3CO)nc3ccccc23)c2ccccc2O1. The fourth-order valence-corrected chi connectivity index (χ4v) is 5.77. The van der Waals surface area contributed by atoms with Crippen molar-refractivity contribution in [2.24, 2.45) is 5.73 Å². The van der Waals surface area contributed by atoms with Crippen molar-refractivity contribution in [3.8, 4) is 5.75 Å². The fraction of sp³-hybridized carbons (Fsp3) is 0.129. The molecule has 1 aliphatic rings. The second kappa shape index (κ2) is 11.3. The molecule has 2 heterocycles. The van der Waals surface area contributed by atoms with Crippen LogP contribution in [0.5, 0.6) is 5.75 Å². The summed E-state index contributed by atoms with van der Waals surface area (Å²) in [6.45, 7) is 0.709. The molecule has 0 bridgehead atoms. The van der Waals surface area contributed by atoms with E-state index in [1.165, 1.54) is 0 Å². The molecule has 0 aliphatic carbocycles. The second-order valence-electron chi connectivity index (χ2n) is 9.30. The largest absolute Gasteiger partial charge is 0.477 e. The summed E-state index contributed by atoms with van der Waals surface area (Å²) < 4.78 is 5.88. The molecule has 1 atom stereocenters. The normalized spacial score (nSPS) is 14.4. The average molecular weight is 550 g/mol. The van der Waals surface area contributed by atoms with Crippen molar-refractivity contribution >= 4 is 46.0 Å². The van der Waals surface area contributed by atoms with Gasteiger partial charge in [0.25, 0.3) is 5.91 Å². The number of hydrogen-bond acceptors (Lipinski definition) is 8. The van der Waals surface area contributed by atoms with E-state index in [-0.39, 0.29) is 13.2 Å². The monoisotopic (exact) mass is 549 g/mol. The lowest BCUT2D eigenvalue weighted by Gasteiger charge is -2.34. The number of nitrogens with zero attached hydrogens (tertiary/aromatic N) is 3. The van der Waals surface area contributed by atoms with E-state index in [0.717, 1.165) is 37.5 Å². The number of rotatable bonds is 8. The highest BCUT2D eigenvalue weighted by Gasteiger charge is 2.32. The molecule has 200 valence electrons. The van der Waals surface area contributed by atoms with Crippen LogP contribution in [0.15, 0.2) is 107 Å². The molecule has 1 amide bonds. The van der Waals surface area contributed by atoms with Crippen molar-refractivity contribution < 1.29 is 14.6 Å². The summed E-state index contributed by atoms with van der Waals surface area (Å²) in [4.78, 5) is 25.9. The summed E-state index contributed by atoms with van der Waals surface area (Å²) in [5.41, 5.74) is 9.19. The van der Waals surface area contributed by atoms with E-state index in [4.69, 9.17) is 20.4 Å². The summed E-state index contributed by atoms with van der Waals surface area (Å²) in [7, 11) is 0. The number of carbonyl (C=O) groups is 1. The molecule has 0 fully saturated rings. The number of hydrogen-bond donors (Lipinski definition) is 3. The molecule has 4 aromatic carbocycles. The van der Waals surface area contributed by atoms with Crippen molar-refractivity contribution in [1.82, 2.24) is 9.97 Å². The first kappa shape index (κ1) is 25.7. The molecule has 6 rings (SSSR count). The van der Waals surface area contributed by atoms with Crippen LogP contribution in [0.4, 0.5) is 17.5 Å². The van der Waals surface area contributed by atoms with Crippen molar-refractivity contribution in [3.05, 3.63) is 108 Å². The molecule has 8 nitrogen and oxygen atoms in total. The predicted octanol–water partition coefficient (Wildman–Crippen LogP) is 5.27. The number of anilines is 3. The number of para-hydroxylation sites is 3. The van der Waals surface area contributed by atoms with Crippen LogP contribution in [0.2, 0.25) is 0 Å². The minimum absolute atomic E-state index is 0.0153. The highest BCUT2D eigenvalue weighted by molar-refractivity contribution is 7.99. The first-order valence-corrected chi connectivity index (χ1v) is 13.7. The Labute approximate surface area is 235 Å². The van der Waals surface area contributed by atoms with Gasteiger partial charge in [0.15, 0.2) is 6.10 Å². The minimum Gasteiger partial charge on any atom is -0.477 e. The molecule has 0 radical (unpaired) electrons. The van der Waals surface area contributed by atoms with E-state index in [1.807, 2.05) is 89.8 Å². The van der Waals surface area contributed by atoms with E-state index in [1.54, 1.807) is 11.8 Å². The van der Waals surface area contributed by atoms with Gasteiger partial charge in [0.2, 0.25) is 5.95 Å². The Hall–Kier alpha value is -4.60. The summed E-state index contributed by atoms with van der Waals surface area (Å²) in [6, 6.07) is 31.3. The molecule has 0 spiro atoms. The molecule has 0 saturated heterocycles. The highest BCUT2D eigenvalue weighted by Crippen LogP contribution is 2.40. The number of primary amides is 1.